The van der Waals surface area contributed by atoms with Gasteiger partial charge in [-0.3, -0.25) is 14.3 Å². The van der Waals surface area contributed by atoms with E-state index in [1.165, 1.54) is 31.7 Å². The molecule has 1 unspecified atom stereocenters. The molecule has 3 aromatic heterocycles. The third-order valence-electron chi connectivity index (χ3n) is 6.31. The van der Waals surface area contributed by atoms with Gasteiger partial charge in [0.05, 0.1) is 22.6 Å². The van der Waals surface area contributed by atoms with E-state index in [-0.39, 0.29) is 17.7 Å². The molecular formula is C24H26ClN5O2. The number of nitrogens with one attached hydrogen (secondary N) is 1. The molecule has 2 aliphatic heterocycles. The third kappa shape index (κ3) is 4.49. The normalized spacial score (nSPS) is 20.6. The van der Waals surface area contributed by atoms with E-state index in [0.717, 1.165) is 36.8 Å². The molecule has 0 radical (unpaired) electrons. The highest BCUT2D eigenvalue weighted by Gasteiger charge is 2.37. The number of rotatable bonds is 5. The van der Waals surface area contributed by atoms with Gasteiger partial charge in [-0.25, -0.2) is 4.98 Å². The van der Waals surface area contributed by atoms with Crippen molar-refractivity contribution in [1.29, 1.82) is 0 Å². The molecule has 8 heteroatoms. The zero-order valence-electron chi connectivity index (χ0n) is 17.8. The van der Waals surface area contributed by atoms with E-state index in [9.17, 15) is 4.79 Å². The summed E-state index contributed by atoms with van der Waals surface area (Å²) in [6.45, 7) is 3.39. The van der Waals surface area contributed by atoms with Gasteiger partial charge in [0, 0.05) is 37.1 Å². The summed E-state index contributed by atoms with van der Waals surface area (Å²) in [4.78, 5) is 23.9. The Balaban J connectivity index is 1.26. The molecule has 1 N–H and O–H groups in total. The molecular weight excluding hydrogens is 426 g/mol. The SMILES string of the molecule is O=c1cc(OCc2ccc(Cl)cn2)ccn1-c1ccc(N2CCCC3(CCCN3)C2)nc1. The zero-order chi connectivity index (χ0) is 22.0. The van der Waals surface area contributed by atoms with Crippen LogP contribution < -0.4 is 20.5 Å². The number of anilines is 1. The summed E-state index contributed by atoms with van der Waals surface area (Å²) < 4.78 is 7.27. The van der Waals surface area contributed by atoms with Crippen LogP contribution in [-0.2, 0) is 6.61 Å². The number of aromatic nitrogens is 3. The Kier molecular flexibility index (Phi) is 5.85. The molecule has 166 valence electrons. The van der Waals surface area contributed by atoms with Crippen molar-refractivity contribution in [2.45, 2.75) is 37.8 Å². The Morgan fingerprint density at radius 1 is 1.09 bits per heavy atom. The molecule has 0 amide bonds. The first kappa shape index (κ1) is 21.0. The maximum atomic E-state index is 12.7. The lowest BCUT2D eigenvalue weighted by atomic mass is 9.87. The van der Waals surface area contributed by atoms with Crippen molar-refractivity contribution in [2.24, 2.45) is 0 Å². The number of pyridine rings is 3. The van der Waals surface area contributed by atoms with E-state index >= 15 is 0 Å². The minimum atomic E-state index is -0.173. The van der Waals surface area contributed by atoms with E-state index in [1.54, 1.807) is 41.4 Å². The molecule has 0 saturated carbocycles. The second-order valence-electron chi connectivity index (χ2n) is 8.54. The molecule has 1 spiro atoms. The Morgan fingerprint density at radius 2 is 2.00 bits per heavy atom. The standard InChI is InChI=1S/C24H26ClN5O2/c25-18-3-4-19(26-14-18)16-32-21-7-12-30(23(31)13-21)20-5-6-22(27-15-20)29-11-2-9-24(17-29)8-1-10-28-24/h3-7,12-15,28H,1-2,8-11,16-17H2. The summed E-state index contributed by atoms with van der Waals surface area (Å²) in [5, 5.41) is 4.28. The van der Waals surface area contributed by atoms with Gasteiger partial charge in [-0.05, 0) is 62.6 Å². The van der Waals surface area contributed by atoms with Crippen LogP contribution in [0.1, 0.15) is 31.4 Å². The van der Waals surface area contributed by atoms with E-state index in [4.69, 9.17) is 16.3 Å². The largest absolute Gasteiger partial charge is 0.487 e. The summed E-state index contributed by atoms with van der Waals surface area (Å²) in [6.07, 6.45) is 9.93. The fraction of sp³-hybridized carbons (Fsp3) is 0.375. The van der Waals surface area contributed by atoms with E-state index in [2.05, 4.69) is 20.2 Å². The van der Waals surface area contributed by atoms with Crippen molar-refractivity contribution in [3.05, 3.63) is 76.1 Å². The van der Waals surface area contributed by atoms with Crippen LogP contribution >= 0.6 is 11.6 Å². The number of piperidine rings is 1. The van der Waals surface area contributed by atoms with Gasteiger partial charge in [0.25, 0.3) is 5.56 Å². The Hall–Kier alpha value is -2.90. The highest BCUT2D eigenvalue weighted by Crippen LogP contribution is 2.31. The summed E-state index contributed by atoms with van der Waals surface area (Å²) >= 11 is 5.85. The number of hydrogen-bond donors (Lipinski definition) is 1. The summed E-state index contributed by atoms with van der Waals surface area (Å²) in [5.41, 5.74) is 1.54. The quantitative estimate of drug-likeness (QED) is 0.639. The summed E-state index contributed by atoms with van der Waals surface area (Å²) in [7, 11) is 0. The van der Waals surface area contributed by atoms with Gasteiger partial charge >= 0.3 is 0 Å². The predicted octanol–water partition coefficient (Wildman–Crippen LogP) is 3.58. The fourth-order valence-electron chi connectivity index (χ4n) is 4.67. The monoisotopic (exact) mass is 451 g/mol. The smallest absolute Gasteiger partial charge is 0.258 e. The lowest BCUT2D eigenvalue weighted by molar-refractivity contribution is 0.300. The van der Waals surface area contributed by atoms with E-state index < -0.39 is 0 Å². The Morgan fingerprint density at radius 3 is 2.72 bits per heavy atom. The molecule has 7 nitrogen and oxygen atoms in total. The van der Waals surface area contributed by atoms with Crippen LogP contribution in [0.5, 0.6) is 5.75 Å². The molecule has 1 atom stereocenters. The highest BCUT2D eigenvalue weighted by molar-refractivity contribution is 6.30. The van der Waals surface area contributed by atoms with Crippen molar-refractivity contribution in [2.75, 3.05) is 24.5 Å². The zero-order valence-corrected chi connectivity index (χ0v) is 18.6. The minimum Gasteiger partial charge on any atom is -0.487 e. The van der Waals surface area contributed by atoms with Crippen LogP contribution in [0.3, 0.4) is 0 Å². The number of nitrogens with zero attached hydrogens (tertiary/aromatic N) is 4. The molecule has 0 bridgehead atoms. The van der Waals surface area contributed by atoms with Crippen molar-refractivity contribution >= 4 is 17.4 Å². The van der Waals surface area contributed by atoms with Gasteiger partial charge in [-0.2, -0.15) is 0 Å². The molecule has 5 heterocycles. The topological polar surface area (TPSA) is 72.3 Å². The van der Waals surface area contributed by atoms with Crippen molar-refractivity contribution in [3.63, 3.8) is 0 Å². The van der Waals surface area contributed by atoms with Gasteiger partial charge in [-0.1, -0.05) is 11.6 Å². The van der Waals surface area contributed by atoms with Gasteiger partial charge in [0.1, 0.15) is 18.2 Å². The second-order valence-corrected chi connectivity index (χ2v) is 8.97. The predicted molar refractivity (Wildman–Crippen MR) is 125 cm³/mol. The van der Waals surface area contributed by atoms with Crippen LogP contribution in [0.4, 0.5) is 5.82 Å². The number of halogens is 1. The summed E-state index contributed by atoms with van der Waals surface area (Å²) in [6, 6.07) is 10.8. The maximum absolute atomic E-state index is 12.7. The van der Waals surface area contributed by atoms with Crippen molar-refractivity contribution < 1.29 is 4.74 Å². The Labute approximate surface area is 192 Å². The molecule has 32 heavy (non-hydrogen) atoms. The maximum Gasteiger partial charge on any atom is 0.258 e. The van der Waals surface area contributed by atoms with Crippen LogP contribution in [0.2, 0.25) is 5.02 Å². The van der Waals surface area contributed by atoms with E-state index in [0.29, 0.717) is 10.8 Å². The molecule has 2 fully saturated rings. The van der Waals surface area contributed by atoms with Crippen LogP contribution in [0.25, 0.3) is 5.69 Å². The van der Waals surface area contributed by atoms with Gasteiger partial charge < -0.3 is 15.0 Å². The molecule has 2 saturated heterocycles. The van der Waals surface area contributed by atoms with E-state index in [1.807, 2.05) is 12.1 Å². The van der Waals surface area contributed by atoms with Crippen LogP contribution in [0.15, 0.2) is 59.8 Å². The van der Waals surface area contributed by atoms with Crippen LogP contribution in [0, 0.1) is 0 Å². The van der Waals surface area contributed by atoms with Crippen molar-refractivity contribution in [3.8, 4) is 11.4 Å². The van der Waals surface area contributed by atoms with Crippen molar-refractivity contribution in [1.82, 2.24) is 19.9 Å². The second kappa shape index (κ2) is 8.92. The van der Waals surface area contributed by atoms with Gasteiger partial charge in [-0.15, -0.1) is 0 Å². The number of hydrogen-bond acceptors (Lipinski definition) is 6. The first-order valence-corrected chi connectivity index (χ1v) is 11.4. The lowest BCUT2D eigenvalue weighted by Gasteiger charge is -2.41. The first-order valence-electron chi connectivity index (χ1n) is 11.0. The highest BCUT2D eigenvalue weighted by atomic mass is 35.5. The first-order chi connectivity index (χ1) is 15.6. The molecule has 3 aromatic rings. The lowest BCUT2D eigenvalue weighted by Crippen LogP contribution is -2.54. The molecule has 0 aliphatic carbocycles. The molecule has 5 rings (SSSR count). The van der Waals surface area contributed by atoms with Gasteiger partial charge in [0.2, 0.25) is 0 Å². The molecule has 0 aromatic carbocycles. The number of ether oxygens (including phenoxy) is 1. The fourth-order valence-corrected chi connectivity index (χ4v) is 4.78. The summed E-state index contributed by atoms with van der Waals surface area (Å²) in [5.74, 6) is 1.46. The average Bonchev–Trinajstić information content (AvgIpc) is 3.26. The molecule has 2 aliphatic rings. The van der Waals surface area contributed by atoms with Gasteiger partial charge in [0.15, 0.2) is 0 Å². The average molecular weight is 452 g/mol. The van der Waals surface area contributed by atoms with Crippen LogP contribution in [-0.4, -0.2) is 39.7 Å². The Bertz CT molecular complexity index is 1120. The minimum absolute atomic E-state index is 0.173. The third-order valence-corrected chi connectivity index (χ3v) is 6.53.